The molecule has 2 aromatic rings. The third-order valence-electron chi connectivity index (χ3n) is 3.56. The summed E-state index contributed by atoms with van der Waals surface area (Å²) in [5, 5.41) is 10.6. The third-order valence-corrected chi connectivity index (χ3v) is 4.27. The lowest BCUT2D eigenvalue weighted by Gasteiger charge is -2.25. The average molecular weight is 318 g/mol. The number of rotatable bonds is 4. The second kappa shape index (κ2) is 6.30. The van der Waals surface area contributed by atoms with Gasteiger partial charge in [0.25, 0.3) is 0 Å². The molecule has 0 aromatic heterocycles. The van der Waals surface area contributed by atoms with Crippen LogP contribution in [-0.4, -0.2) is 5.78 Å². The van der Waals surface area contributed by atoms with E-state index in [2.05, 4.69) is 6.07 Å². The standard InChI is InChI=1S/C17H13Cl2NO/c1-12(21)17(11-20,13-6-3-2-4-7-13)10-14-15(18)8-5-9-16(14)19/h2-9H,10H2,1H3. The minimum atomic E-state index is -1.28. The van der Waals surface area contributed by atoms with Crippen LogP contribution in [-0.2, 0) is 16.6 Å². The first-order valence-corrected chi connectivity index (χ1v) is 7.17. The maximum atomic E-state index is 12.2. The predicted octanol–water partition coefficient (Wildman–Crippen LogP) is 4.59. The summed E-state index contributed by atoms with van der Waals surface area (Å²) >= 11 is 12.4. The Bertz CT molecular complexity index is 686. The number of Topliss-reactive ketones (excluding diaryl/α,β-unsaturated/α-hetero) is 1. The predicted molar refractivity (Wildman–Crippen MR) is 84.6 cm³/mol. The molecule has 2 aromatic carbocycles. The van der Waals surface area contributed by atoms with Crippen LogP contribution in [0.3, 0.4) is 0 Å². The van der Waals surface area contributed by atoms with E-state index < -0.39 is 5.41 Å². The highest BCUT2D eigenvalue weighted by molar-refractivity contribution is 6.36. The molecule has 0 N–H and O–H groups in total. The van der Waals surface area contributed by atoms with Gasteiger partial charge in [0.15, 0.2) is 5.78 Å². The first-order chi connectivity index (χ1) is 10.0. The average Bonchev–Trinajstić information content (AvgIpc) is 2.48. The Morgan fingerprint density at radius 1 is 1.10 bits per heavy atom. The van der Waals surface area contributed by atoms with Gasteiger partial charge in [-0.25, -0.2) is 0 Å². The lowest BCUT2D eigenvalue weighted by atomic mass is 9.74. The molecule has 4 heteroatoms. The minimum absolute atomic E-state index is 0.154. The van der Waals surface area contributed by atoms with Crippen LogP contribution in [0.4, 0.5) is 0 Å². The summed E-state index contributed by atoms with van der Waals surface area (Å²) in [6, 6.07) is 16.3. The van der Waals surface area contributed by atoms with E-state index in [0.717, 1.165) is 0 Å². The van der Waals surface area contributed by atoms with Gasteiger partial charge in [0.05, 0.1) is 6.07 Å². The maximum absolute atomic E-state index is 12.2. The van der Waals surface area contributed by atoms with Gasteiger partial charge >= 0.3 is 0 Å². The van der Waals surface area contributed by atoms with Crippen molar-refractivity contribution in [1.82, 2.24) is 0 Å². The summed E-state index contributed by atoms with van der Waals surface area (Å²) < 4.78 is 0. The van der Waals surface area contributed by atoms with Crippen LogP contribution in [0.1, 0.15) is 18.1 Å². The fourth-order valence-electron chi connectivity index (χ4n) is 2.30. The van der Waals surface area contributed by atoms with Crippen LogP contribution >= 0.6 is 23.2 Å². The van der Waals surface area contributed by atoms with Gasteiger partial charge < -0.3 is 0 Å². The van der Waals surface area contributed by atoms with Crippen molar-refractivity contribution in [3.8, 4) is 6.07 Å². The Hall–Kier alpha value is -1.82. The highest BCUT2D eigenvalue weighted by Gasteiger charge is 2.38. The Kier molecular flexibility index (Phi) is 4.67. The molecule has 106 valence electrons. The maximum Gasteiger partial charge on any atom is 0.154 e. The topological polar surface area (TPSA) is 40.9 Å². The highest BCUT2D eigenvalue weighted by atomic mass is 35.5. The number of benzene rings is 2. The zero-order valence-corrected chi connectivity index (χ0v) is 12.9. The SMILES string of the molecule is CC(=O)C(C#N)(Cc1c(Cl)cccc1Cl)c1ccccc1. The molecule has 0 spiro atoms. The second-order valence-corrected chi connectivity index (χ2v) is 5.63. The zero-order valence-electron chi connectivity index (χ0n) is 11.4. The quantitative estimate of drug-likeness (QED) is 0.827. The first-order valence-electron chi connectivity index (χ1n) is 6.42. The molecule has 21 heavy (non-hydrogen) atoms. The van der Waals surface area contributed by atoms with E-state index in [1.165, 1.54) is 6.92 Å². The summed E-state index contributed by atoms with van der Waals surface area (Å²) in [6.45, 7) is 1.42. The van der Waals surface area contributed by atoms with E-state index in [4.69, 9.17) is 23.2 Å². The van der Waals surface area contributed by atoms with Crippen molar-refractivity contribution < 1.29 is 4.79 Å². The van der Waals surface area contributed by atoms with Crippen molar-refractivity contribution in [3.05, 3.63) is 69.7 Å². The van der Waals surface area contributed by atoms with Crippen molar-refractivity contribution in [1.29, 1.82) is 5.26 Å². The zero-order chi connectivity index (χ0) is 15.5. The van der Waals surface area contributed by atoms with Gasteiger partial charge in [0, 0.05) is 16.5 Å². The van der Waals surface area contributed by atoms with Crippen molar-refractivity contribution in [2.24, 2.45) is 0 Å². The number of nitrogens with zero attached hydrogens (tertiary/aromatic N) is 1. The molecule has 1 unspecified atom stereocenters. The Morgan fingerprint density at radius 3 is 2.14 bits per heavy atom. The lowest BCUT2D eigenvalue weighted by molar-refractivity contribution is -0.120. The van der Waals surface area contributed by atoms with E-state index in [1.54, 1.807) is 42.5 Å². The lowest BCUT2D eigenvalue weighted by Crippen LogP contribution is -2.35. The van der Waals surface area contributed by atoms with Gasteiger partial charge in [0.2, 0.25) is 0 Å². The van der Waals surface area contributed by atoms with Crippen LogP contribution in [0.25, 0.3) is 0 Å². The summed E-state index contributed by atoms with van der Waals surface area (Å²) in [6.07, 6.45) is 0.154. The highest BCUT2D eigenvalue weighted by Crippen LogP contribution is 2.35. The molecule has 0 aliphatic carbocycles. The number of carbonyl (C=O) groups is 1. The summed E-state index contributed by atoms with van der Waals surface area (Å²) in [7, 11) is 0. The molecule has 0 radical (unpaired) electrons. The van der Waals surface area contributed by atoms with Crippen molar-refractivity contribution in [3.63, 3.8) is 0 Å². The van der Waals surface area contributed by atoms with Gasteiger partial charge in [-0.15, -0.1) is 0 Å². The molecule has 0 aliphatic rings. The minimum Gasteiger partial charge on any atom is -0.298 e. The van der Waals surface area contributed by atoms with Gasteiger partial charge in [-0.3, -0.25) is 4.79 Å². The van der Waals surface area contributed by atoms with E-state index in [-0.39, 0.29) is 12.2 Å². The van der Waals surface area contributed by atoms with E-state index in [1.807, 2.05) is 6.07 Å². The Balaban J connectivity index is 2.58. The molecule has 1 atom stereocenters. The largest absolute Gasteiger partial charge is 0.298 e. The van der Waals surface area contributed by atoms with Crippen molar-refractivity contribution in [2.45, 2.75) is 18.8 Å². The molecule has 0 bridgehead atoms. The molecule has 0 saturated heterocycles. The Morgan fingerprint density at radius 2 is 1.67 bits per heavy atom. The number of nitriles is 1. The van der Waals surface area contributed by atoms with Gasteiger partial charge in [-0.05, 0) is 30.2 Å². The summed E-state index contributed by atoms with van der Waals surface area (Å²) in [4.78, 5) is 12.2. The van der Waals surface area contributed by atoms with Gasteiger partial charge in [-0.1, -0.05) is 59.6 Å². The van der Waals surface area contributed by atoms with Gasteiger partial charge in [-0.2, -0.15) is 5.26 Å². The monoisotopic (exact) mass is 317 g/mol. The molecule has 0 amide bonds. The van der Waals surface area contributed by atoms with E-state index >= 15 is 0 Å². The van der Waals surface area contributed by atoms with Gasteiger partial charge in [0.1, 0.15) is 5.41 Å². The van der Waals surface area contributed by atoms with Crippen LogP contribution in [0.5, 0.6) is 0 Å². The van der Waals surface area contributed by atoms with Crippen molar-refractivity contribution in [2.75, 3.05) is 0 Å². The Labute approximate surface area is 133 Å². The second-order valence-electron chi connectivity index (χ2n) is 4.82. The first kappa shape index (κ1) is 15.6. The number of hydrogen-bond acceptors (Lipinski definition) is 2. The molecular formula is C17H13Cl2NO. The summed E-state index contributed by atoms with van der Waals surface area (Å²) in [5.41, 5.74) is -0.0203. The van der Waals surface area contributed by atoms with Crippen LogP contribution in [0.15, 0.2) is 48.5 Å². The smallest absolute Gasteiger partial charge is 0.154 e. The number of carbonyl (C=O) groups excluding carboxylic acids is 1. The molecular weight excluding hydrogens is 305 g/mol. The number of hydrogen-bond donors (Lipinski definition) is 0. The summed E-state index contributed by atoms with van der Waals surface area (Å²) in [5.74, 6) is -0.229. The molecule has 0 fully saturated rings. The third kappa shape index (κ3) is 2.95. The van der Waals surface area contributed by atoms with Crippen LogP contribution in [0, 0.1) is 11.3 Å². The molecule has 0 saturated carbocycles. The number of halogens is 2. The fraction of sp³-hybridized carbons (Fsp3) is 0.176. The van der Waals surface area contributed by atoms with Crippen LogP contribution < -0.4 is 0 Å². The normalized spacial score (nSPS) is 13.2. The fourth-order valence-corrected chi connectivity index (χ4v) is 2.83. The molecule has 0 heterocycles. The van der Waals surface area contributed by atoms with E-state index in [0.29, 0.717) is 21.2 Å². The molecule has 2 rings (SSSR count). The van der Waals surface area contributed by atoms with Crippen LogP contribution in [0.2, 0.25) is 10.0 Å². The number of ketones is 1. The van der Waals surface area contributed by atoms with Crippen molar-refractivity contribution >= 4 is 29.0 Å². The molecule has 2 nitrogen and oxygen atoms in total. The molecule has 0 aliphatic heterocycles. The van der Waals surface area contributed by atoms with E-state index in [9.17, 15) is 10.1 Å².